The predicted octanol–water partition coefficient (Wildman–Crippen LogP) is 1.52. The fourth-order valence-corrected chi connectivity index (χ4v) is 1.95. The van der Waals surface area contributed by atoms with E-state index < -0.39 is 0 Å². The Hall–Kier alpha value is -0.640. The molecule has 1 unspecified atom stereocenters. The smallest absolute Gasteiger partial charge is 0.0837 e. The molecule has 82 valence electrons. The predicted molar refractivity (Wildman–Crippen MR) is 60.0 cm³/mol. The van der Waals surface area contributed by atoms with Crippen molar-refractivity contribution in [3.63, 3.8) is 0 Å². The van der Waals surface area contributed by atoms with Gasteiger partial charge in [-0.05, 0) is 11.6 Å². The molecule has 0 radical (unpaired) electrons. The number of hydrogen-bond acceptors (Lipinski definition) is 3. The van der Waals surface area contributed by atoms with Gasteiger partial charge in [-0.3, -0.25) is 9.88 Å². The van der Waals surface area contributed by atoms with Crippen LogP contribution in [0.1, 0.15) is 5.56 Å². The molecule has 1 saturated heterocycles. The summed E-state index contributed by atoms with van der Waals surface area (Å²) < 4.78 is 5.51. The highest BCUT2D eigenvalue weighted by Crippen LogP contribution is 2.10. The van der Waals surface area contributed by atoms with Gasteiger partial charge in [-0.15, -0.1) is 11.6 Å². The molecule has 0 amide bonds. The Labute approximate surface area is 95.0 Å². The van der Waals surface area contributed by atoms with Crippen LogP contribution in [0.25, 0.3) is 0 Å². The first-order chi connectivity index (χ1) is 7.38. The molecule has 0 aliphatic carbocycles. The Morgan fingerprint density at radius 1 is 1.60 bits per heavy atom. The van der Waals surface area contributed by atoms with Crippen LogP contribution in [0.5, 0.6) is 0 Å². The van der Waals surface area contributed by atoms with Gasteiger partial charge in [0.25, 0.3) is 0 Å². The molecule has 0 spiro atoms. The SMILES string of the molecule is ClCC1CN(Cc2cccnc2)CCO1. The molecule has 1 aromatic rings. The van der Waals surface area contributed by atoms with Crippen LogP contribution in [-0.2, 0) is 11.3 Å². The average Bonchev–Trinajstić information content (AvgIpc) is 2.31. The van der Waals surface area contributed by atoms with Gasteiger partial charge in [0.05, 0.1) is 12.7 Å². The molecular formula is C11H15ClN2O. The van der Waals surface area contributed by atoms with Crippen molar-refractivity contribution >= 4 is 11.6 Å². The second kappa shape index (κ2) is 5.45. The second-order valence-corrected chi connectivity index (χ2v) is 4.05. The topological polar surface area (TPSA) is 25.4 Å². The number of nitrogens with zero attached hydrogens (tertiary/aromatic N) is 2. The molecule has 0 bridgehead atoms. The Balaban J connectivity index is 1.89. The van der Waals surface area contributed by atoms with Crippen LogP contribution in [0.3, 0.4) is 0 Å². The summed E-state index contributed by atoms with van der Waals surface area (Å²) in [6, 6.07) is 4.06. The fraction of sp³-hybridized carbons (Fsp3) is 0.545. The average molecular weight is 227 g/mol. The molecule has 1 aromatic heterocycles. The van der Waals surface area contributed by atoms with E-state index in [0.717, 1.165) is 26.2 Å². The van der Waals surface area contributed by atoms with Crippen LogP contribution >= 0.6 is 11.6 Å². The zero-order valence-electron chi connectivity index (χ0n) is 8.60. The molecule has 1 fully saturated rings. The second-order valence-electron chi connectivity index (χ2n) is 3.74. The zero-order chi connectivity index (χ0) is 10.5. The summed E-state index contributed by atoms with van der Waals surface area (Å²) in [4.78, 5) is 6.46. The Kier molecular flexibility index (Phi) is 3.94. The minimum absolute atomic E-state index is 0.178. The van der Waals surface area contributed by atoms with Gasteiger partial charge in [-0.25, -0.2) is 0 Å². The zero-order valence-corrected chi connectivity index (χ0v) is 9.36. The van der Waals surface area contributed by atoms with Crippen molar-refractivity contribution < 1.29 is 4.74 Å². The summed E-state index contributed by atoms with van der Waals surface area (Å²) >= 11 is 5.78. The van der Waals surface area contributed by atoms with Crippen molar-refractivity contribution in [1.82, 2.24) is 9.88 Å². The fourth-order valence-electron chi connectivity index (χ4n) is 1.77. The highest BCUT2D eigenvalue weighted by atomic mass is 35.5. The lowest BCUT2D eigenvalue weighted by Gasteiger charge is -2.31. The normalized spacial score (nSPS) is 22.9. The number of rotatable bonds is 3. The van der Waals surface area contributed by atoms with Crippen LogP contribution in [0.15, 0.2) is 24.5 Å². The van der Waals surface area contributed by atoms with Gasteiger partial charge in [0.15, 0.2) is 0 Å². The van der Waals surface area contributed by atoms with E-state index in [0.29, 0.717) is 5.88 Å². The van der Waals surface area contributed by atoms with E-state index in [1.54, 1.807) is 6.20 Å². The third-order valence-electron chi connectivity index (χ3n) is 2.52. The standard InChI is InChI=1S/C11H15ClN2O/c12-6-11-9-14(4-5-15-11)8-10-2-1-3-13-7-10/h1-3,7,11H,4-6,8-9H2. The molecule has 1 atom stereocenters. The third-order valence-corrected chi connectivity index (χ3v) is 2.87. The van der Waals surface area contributed by atoms with Gasteiger partial charge < -0.3 is 4.74 Å². The molecule has 2 rings (SSSR count). The van der Waals surface area contributed by atoms with E-state index in [1.165, 1.54) is 5.56 Å². The Morgan fingerprint density at radius 2 is 2.53 bits per heavy atom. The van der Waals surface area contributed by atoms with Gasteiger partial charge in [0.2, 0.25) is 0 Å². The van der Waals surface area contributed by atoms with E-state index in [2.05, 4.69) is 16.0 Å². The lowest BCUT2D eigenvalue weighted by Crippen LogP contribution is -2.42. The first-order valence-corrected chi connectivity index (χ1v) is 5.71. The Morgan fingerprint density at radius 3 is 3.27 bits per heavy atom. The van der Waals surface area contributed by atoms with E-state index in [1.807, 2.05) is 12.3 Å². The number of halogens is 1. The number of ether oxygens (including phenoxy) is 1. The van der Waals surface area contributed by atoms with Crippen molar-refractivity contribution in [3.8, 4) is 0 Å². The molecule has 1 aliphatic rings. The summed E-state index contributed by atoms with van der Waals surface area (Å²) in [5.41, 5.74) is 1.24. The number of pyridine rings is 1. The quantitative estimate of drug-likeness (QED) is 0.731. The molecule has 3 nitrogen and oxygen atoms in total. The third kappa shape index (κ3) is 3.16. The van der Waals surface area contributed by atoms with E-state index >= 15 is 0 Å². The maximum Gasteiger partial charge on any atom is 0.0837 e. The van der Waals surface area contributed by atoms with Crippen molar-refractivity contribution in [2.45, 2.75) is 12.6 Å². The summed E-state index contributed by atoms with van der Waals surface area (Å²) in [5, 5.41) is 0. The maximum absolute atomic E-state index is 5.78. The highest BCUT2D eigenvalue weighted by molar-refractivity contribution is 6.18. The molecule has 0 saturated carbocycles. The van der Waals surface area contributed by atoms with Crippen LogP contribution in [0.4, 0.5) is 0 Å². The summed E-state index contributed by atoms with van der Waals surface area (Å²) in [6.07, 6.45) is 3.88. The van der Waals surface area contributed by atoms with Crippen molar-refractivity contribution in [1.29, 1.82) is 0 Å². The first-order valence-electron chi connectivity index (χ1n) is 5.17. The summed E-state index contributed by atoms with van der Waals surface area (Å²) in [7, 11) is 0. The van der Waals surface area contributed by atoms with Gasteiger partial charge in [-0.1, -0.05) is 6.07 Å². The minimum Gasteiger partial charge on any atom is -0.374 e. The van der Waals surface area contributed by atoms with E-state index in [4.69, 9.17) is 16.3 Å². The van der Waals surface area contributed by atoms with Crippen LogP contribution in [0, 0.1) is 0 Å². The molecule has 4 heteroatoms. The molecule has 15 heavy (non-hydrogen) atoms. The summed E-state index contributed by atoms with van der Waals surface area (Å²) in [6.45, 7) is 3.60. The number of morpholine rings is 1. The van der Waals surface area contributed by atoms with Crippen LogP contribution in [-0.4, -0.2) is 41.6 Å². The largest absolute Gasteiger partial charge is 0.374 e. The van der Waals surface area contributed by atoms with Crippen molar-refractivity contribution in [2.75, 3.05) is 25.6 Å². The number of hydrogen-bond donors (Lipinski definition) is 0. The molecule has 0 N–H and O–H groups in total. The molecule has 1 aliphatic heterocycles. The van der Waals surface area contributed by atoms with Gasteiger partial charge in [-0.2, -0.15) is 0 Å². The van der Waals surface area contributed by atoms with Gasteiger partial charge in [0.1, 0.15) is 0 Å². The van der Waals surface area contributed by atoms with E-state index in [-0.39, 0.29) is 6.10 Å². The first kappa shape index (κ1) is 10.9. The van der Waals surface area contributed by atoms with Crippen LogP contribution in [0.2, 0.25) is 0 Å². The number of alkyl halides is 1. The monoisotopic (exact) mass is 226 g/mol. The highest BCUT2D eigenvalue weighted by Gasteiger charge is 2.19. The molecule has 0 aromatic carbocycles. The van der Waals surface area contributed by atoms with Crippen molar-refractivity contribution in [2.24, 2.45) is 0 Å². The van der Waals surface area contributed by atoms with Gasteiger partial charge in [0, 0.05) is 37.9 Å². The maximum atomic E-state index is 5.78. The van der Waals surface area contributed by atoms with Crippen LogP contribution < -0.4 is 0 Å². The van der Waals surface area contributed by atoms with Crippen molar-refractivity contribution in [3.05, 3.63) is 30.1 Å². The Bertz CT molecular complexity index is 294. The van der Waals surface area contributed by atoms with E-state index in [9.17, 15) is 0 Å². The summed E-state index contributed by atoms with van der Waals surface area (Å²) in [5.74, 6) is 0.573. The molecule has 2 heterocycles. The van der Waals surface area contributed by atoms with Gasteiger partial charge >= 0.3 is 0 Å². The molecular weight excluding hydrogens is 212 g/mol. The number of aromatic nitrogens is 1. The minimum atomic E-state index is 0.178. The lowest BCUT2D eigenvalue weighted by molar-refractivity contribution is -0.0194. The lowest BCUT2D eigenvalue weighted by atomic mass is 10.2.